The molecule has 0 aliphatic carbocycles. The molecule has 0 saturated carbocycles. The maximum atomic E-state index is 13.1. The first-order chi connectivity index (χ1) is 10.2. The molecule has 0 unspecified atom stereocenters. The smallest absolute Gasteiger partial charge is 0.259 e. The average molecular weight is 284 g/mol. The van der Waals surface area contributed by atoms with E-state index in [9.17, 15) is 9.18 Å². The first-order valence-corrected chi connectivity index (χ1v) is 6.35. The lowest BCUT2D eigenvalue weighted by Gasteiger charge is -2.10. The number of hydrogen-bond acceptors (Lipinski definition) is 4. The van der Waals surface area contributed by atoms with Gasteiger partial charge in [-0.2, -0.15) is 5.26 Å². The SMILES string of the molecule is CCNc1ncccc1C(=O)Nc1ccc(F)cc1C#N. The third-order valence-corrected chi connectivity index (χ3v) is 2.75. The molecule has 1 heterocycles. The maximum absolute atomic E-state index is 13.1. The van der Waals surface area contributed by atoms with Crippen LogP contribution in [-0.2, 0) is 0 Å². The van der Waals surface area contributed by atoms with Crippen molar-refractivity contribution in [2.75, 3.05) is 17.2 Å². The Balaban J connectivity index is 2.29. The van der Waals surface area contributed by atoms with Crippen LogP contribution in [0.25, 0.3) is 0 Å². The van der Waals surface area contributed by atoms with Crippen LogP contribution in [0.4, 0.5) is 15.9 Å². The quantitative estimate of drug-likeness (QED) is 0.905. The summed E-state index contributed by atoms with van der Waals surface area (Å²) < 4.78 is 13.1. The van der Waals surface area contributed by atoms with E-state index in [1.807, 2.05) is 13.0 Å². The lowest BCUT2D eigenvalue weighted by atomic mass is 10.1. The van der Waals surface area contributed by atoms with Crippen LogP contribution >= 0.6 is 0 Å². The van der Waals surface area contributed by atoms with Gasteiger partial charge in [0.2, 0.25) is 0 Å². The van der Waals surface area contributed by atoms with E-state index in [2.05, 4.69) is 15.6 Å². The maximum Gasteiger partial charge on any atom is 0.259 e. The van der Waals surface area contributed by atoms with Gasteiger partial charge in [0.15, 0.2) is 0 Å². The molecule has 0 fully saturated rings. The van der Waals surface area contributed by atoms with Crippen molar-refractivity contribution in [3.63, 3.8) is 0 Å². The number of halogens is 1. The zero-order chi connectivity index (χ0) is 15.2. The predicted molar refractivity (Wildman–Crippen MR) is 77.5 cm³/mol. The molecule has 2 rings (SSSR count). The zero-order valence-corrected chi connectivity index (χ0v) is 11.4. The number of anilines is 2. The molecule has 1 amide bonds. The van der Waals surface area contributed by atoms with E-state index < -0.39 is 11.7 Å². The number of rotatable bonds is 4. The van der Waals surface area contributed by atoms with Crippen molar-refractivity contribution in [3.8, 4) is 6.07 Å². The number of carbonyl (C=O) groups is 1. The summed E-state index contributed by atoms with van der Waals surface area (Å²) in [5.74, 6) is -0.487. The van der Waals surface area contributed by atoms with Crippen LogP contribution in [0.3, 0.4) is 0 Å². The summed E-state index contributed by atoms with van der Waals surface area (Å²) in [6.45, 7) is 2.52. The third kappa shape index (κ3) is 3.34. The molecule has 5 nitrogen and oxygen atoms in total. The number of nitrogens with one attached hydrogen (secondary N) is 2. The standard InChI is InChI=1S/C15H13FN4O/c1-2-18-14-12(4-3-7-19-14)15(21)20-13-6-5-11(16)8-10(13)9-17/h3-8H,2H2,1H3,(H,18,19)(H,20,21). The van der Waals surface area contributed by atoms with E-state index in [4.69, 9.17) is 5.26 Å². The lowest BCUT2D eigenvalue weighted by molar-refractivity contribution is 0.102. The second-order valence-electron chi connectivity index (χ2n) is 4.19. The second kappa shape index (κ2) is 6.48. The van der Waals surface area contributed by atoms with Crippen molar-refractivity contribution in [2.24, 2.45) is 0 Å². The minimum absolute atomic E-state index is 0.0669. The Morgan fingerprint density at radius 1 is 1.43 bits per heavy atom. The fourth-order valence-corrected chi connectivity index (χ4v) is 1.80. The van der Waals surface area contributed by atoms with Gasteiger partial charge < -0.3 is 10.6 Å². The summed E-state index contributed by atoms with van der Waals surface area (Å²) in [6.07, 6.45) is 1.58. The van der Waals surface area contributed by atoms with E-state index >= 15 is 0 Å². The van der Waals surface area contributed by atoms with Crippen LogP contribution in [-0.4, -0.2) is 17.4 Å². The molecule has 0 saturated heterocycles. The van der Waals surface area contributed by atoms with Crippen LogP contribution in [0.2, 0.25) is 0 Å². The summed E-state index contributed by atoms with van der Waals surface area (Å²) in [5.41, 5.74) is 0.681. The van der Waals surface area contributed by atoms with E-state index in [1.165, 1.54) is 12.1 Å². The number of benzene rings is 1. The molecule has 0 aliphatic heterocycles. The average Bonchev–Trinajstić information content (AvgIpc) is 2.49. The number of amides is 1. The van der Waals surface area contributed by atoms with Crippen molar-refractivity contribution in [1.29, 1.82) is 5.26 Å². The third-order valence-electron chi connectivity index (χ3n) is 2.75. The van der Waals surface area contributed by atoms with Crippen molar-refractivity contribution in [3.05, 3.63) is 53.5 Å². The predicted octanol–water partition coefficient (Wildman–Crippen LogP) is 2.78. The molecule has 1 aromatic heterocycles. The fraction of sp³-hybridized carbons (Fsp3) is 0.133. The first-order valence-electron chi connectivity index (χ1n) is 6.35. The molecule has 1 aromatic carbocycles. The van der Waals surface area contributed by atoms with E-state index in [0.29, 0.717) is 17.9 Å². The van der Waals surface area contributed by atoms with Crippen LogP contribution in [0.1, 0.15) is 22.8 Å². The molecule has 0 bridgehead atoms. The summed E-state index contributed by atoms with van der Waals surface area (Å²) in [4.78, 5) is 16.4. The van der Waals surface area contributed by atoms with Gasteiger partial charge in [-0.3, -0.25) is 4.79 Å². The highest BCUT2D eigenvalue weighted by atomic mass is 19.1. The van der Waals surface area contributed by atoms with E-state index in [0.717, 1.165) is 6.07 Å². The molecular weight excluding hydrogens is 271 g/mol. The van der Waals surface area contributed by atoms with Crippen molar-refractivity contribution in [2.45, 2.75) is 6.92 Å². The fourth-order valence-electron chi connectivity index (χ4n) is 1.80. The Bertz CT molecular complexity index is 709. The molecule has 0 spiro atoms. The molecule has 0 aliphatic rings. The lowest BCUT2D eigenvalue weighted by Crippen LogP contribution is -2.16. The minimum atomic E-state index is -0.528. The molecular formula is C15H13FN4O. The molecule has 6 heteroatoms. The van der Waals surface area contributed by atoms with Crippen LogP contribution in [0.5, 0.6) is 0 Å². The molecule has 2 aromatic rings. The van der Waals surface area contributed by atoms with Gasteiger partial charge in [-0.25, -0.2) is 9.37 Å². The number of carbonyl (C=O) groups excluding carboxylic acids is 1. The topological polar surface area (TPSA) is 77.8 Å². The summed E-state index contributed by atoms with van der Waals surface area (Å²) in [6, 6.07) is 8.73. The number of pyridine rings is 1. The zero-order valence-electron chi connectivity index (χ0n) is 11.4. The Morgan fingerprint density at radius 2 is 2.24 bits per heavy atom. The largest absolute Gasteiger partial charge is 0.370 e. The Labute approximate surface area is 121 Å². The highest BCUT2D eigenvalue weighted by Crippen LogP contribution is 2.19. The van der Waals surface area contributed by atoms with Crippen molar-refractivity contribution >= 4 is 17.4 Å². The minimum Gasteiger partial charge on any atom is -0.370 e. The van der Waals surface area contributed by atoms with Gasteiger partial charge in [-0.1, -0.05) is 0 Å². The summed E-state index contributed by atoms with van der Waals surface area (Å²) >= 11 is 0. The first kappa shape index (κ1) is 14.5. The Hall–Kier alpha value is -2.94. The van der Waals surface area contributed by atoms with Crippen molar-refractivity contribution in [1.82, 2.24) is 4.98 Å². The van der Waals surface area contributed by atoms with Gasteiger partial charge in [-0.05, 0) is 37.3 Å². The molecule has 0 radical (unpaired) electrons. The van der Waals surface area contributed by atoms with Crippen molar-refractivity contribution < 1.29 is 9.18 Å². The van der Waals surface area contributed by atoms with Gasteiger partial charge in [0, 0.05) is 12.7 Å². The summed E-state index contributed by atoms with van der Waals surface area (Å²) in [5, 5.41) is 14.6. The van der Waals surface area contributed by atoms with Gasteiger partial charge in [0.05, 0.1) is 16.8 Å². The van der Waals surface area contributed by atoms with E-state index in [1.54, 1.807) is 18.3 Å². The van der Waals surface area contributed by atoms with Gasteiger partial charge in [0.25, 0.3) is 5.91 Å². The van der Waals surface area contributed by atoms with Gasteiger partial charge >= 0.3 is 0 Å². The Morgan fingerprint density at radius 3 is 2.95 bits per heavy atom. The normalized spacial score (nSPS) is 9.76. The highest BCUT2D eigenvalue weighted by molar-refractivity contribution is 6.07. The number of aromatic nitrogens is 1. The van der Waals surface area contributed by atoms with Crippen LogP contribution in [0.15, 0.2) is 36.5 Å². The number of nitriles is 1. The second-order valence-corrected chi connectivity index (χ2v) is 4.19. The van der Waals surface area contributed by atoms with Crippen LogP contribution in [0, 0.1) is 17.1 Å². The molecule has 21 heavy (non-hydrogen) atoms. The molecule has 106 valence electrons. The number of hydrogen-bond donors (Lipinski definition) is 2. The molecule has 0 atom stereocenters. The van der Waals surface area contributed by atoms with Gasteiger partial charge in [0.1, 0.15) is 17.7 Å². The van der Waals surface area contributed by atoms with Gasteiger partial charge in [-0.15, -0.1) is 0 Å². The highest BCUT2D eigenvalue weighted by Gasteiger charge is 2.14. The Kier molecular flexibility index (Phi) is 4.46. The number of nitrogens with zero attached hydrogens (tertiary/aromatic N) is 2. The monoisotopic (exact) mass is 284 g/mol. The summed E-state index contributed by atoms with van der Waals surface area (Å²) in [7, 11) is 0. The van der Waals surface area contributed by atoms with E-state index in [-0.39, 0.29) is 11.3 Å². The molecule has 2 N–H and O–H groups in total. The van der Waals surface area contributed by atoms with Crippen LogP contribution < -0.4 is 10.6 Å².